The Kier molecular flexibility index (Phi) is 2.58. The Labute approximate surface area is 128 Å². The first-order valence-corrected chi connectivity index (χ1v) is 6.87. The van der Waals surface area contributed by atoms with Crippen LogP contribution in [0.25, 0.3) is 11.0 Å². The third-order valence-electron chi connectivity index (χ3n) is 4.37. The maximum atomic E-state index is 13.9. The number of halogens is 1. The zero-order valence-corrected chi connectivity index (χ0v) is 11.7. The fraction of sp³-hybridized carbons (Fsp3) is 0.267. The number of hydrogen-bond acceptors (Lipinski definition) is 6. The number of carbonyl (C=O) groups excluding carboxylic acids is 4. The number of nitrogens with zero attached hydrogens (tertiary/aromatic N) is 2. The summed E-state index contributed by atoms with van der Waals surface area (Å²) in [6.07, 6.45) is 0.512. The van der Waals surface area contributed by atoms with E-state index < -0.39 is 22.9 Å². The molecule has 0 atom stereocenters. The van der Waals surface area contributed by atoms with Gasteiger partial charge in [-0.25, -0.2) is 4.39 Å². The van der Waals surface area contributed by atoms with E-state index in [2.05, 4.69) is 5.16 Å². The van der Waals surface area contributed by atoms with Crippen LogP contribution in [0.15, 0.2) is 16.7 Å². The van der Waals surface area contributed by atoms with E-state index in [1.165, 1.54) is 6.07 Å². The second kappa shape index (κ2) is 4.31. The van der Waals surface area contributed by atoms with Gasteiger partial charge < -0.3 is 4.52 Å². The van der Waals surface area contributed by atoms with Gasteiger partial charge in [-0.3, -0.25) is 24.1 Å². The standard InChI is InChI=1S/C15H9FN2O5/c16-10-2-7(5-19)1-9-11(10)23-17-13(9)18-6-15(3-8(20)4-15)12(21)14(18)22/h1-2,5H,3-4,6H2. The minimum Gasteiger partial charge on any atom is -0.351 e. The molecule has 8 heteroatoms. The van der Waals surface area contributed by atoms with Gasteiger partial charge in [0.2, 0.25) is 11.4 Å². The normalized spacial score (nSPS) is 19.7. The number of anilines is 1. The van der Waals surface area contributed by atoms with Gasteiger partial charge in [0.25, 0.3) is 5.91 Å². The molecule has 1 aliphatic heterocycles. The summed E-state index contributed by atoms with van der Waals surface area (Å²) in [6, 6.07) is 2.33. The molecule has 116 valence electrons. The monoisotopic (exact) mass is 316 g/mol. The van der Waals surface area contributed by atoms with Crippen molar-refractivity contribution in [3.63, 3.8) is 0 Å². The molecule has 0 bridgehead atoms. The Hall–Kier alpha value is -2.90. The van der Waals surface area contributed by atoms with E-state index in [1.54, 1.807) is 0 Å². The van der Waals surface area contributed by atoms with Crippen molar-refractivity contribution in [2.45, 2.75) is 12.8 Å². The highest BCUT2D eigenvalue weighted by molar-refractivity contribution is 6.47. The van der Waals surface area contributed by atoms with E-state index >= 15 is 0 Å². The fourth-order valence-corrected chi connectivity index (χ4v) is 3.22. The summed E-state index contributed by atoms with van der Waals surface area (Å²) in [6.45, 7) is 0.00494. The summed E-state index contributed by atoms with van der Waals surface area (Å²) >= 11 is 0. The van der Waals surface area contributed by atoms with Crippen LogP contribution >= 0.6 is 0 Å². The number of ketones is 2. The van der Waals surface area contributed by atoms with Crippen LogP contribution in [0.2, 0.25) is 0 Å². The van der Waals surface area contributed by atoms with Gasteiger partial charge in [-0.1, -0.05) is 5.16 Å². The summed E-state index contributed by atoms with van der Waals surface area (Å²) in [5.41, 5.74) is -1.14. The molecule has 1 amide bonds. The molecule has 1 saturated carbocycles. The van der Waals surface area contributed by atoms with Crippen molar-refractivity contribution in [3.05, 3.63) is 23.5 Å². The molecule has 1 aromatic heterocycles. The largest absolute Gasteiger partial charge is 0.351 e. The van der Waals surface area contributed by atoms with Crippen LogP contribution in [-0.4, -0.2) is 35.5 Å². The van der Waals surface area contributed by atoms with Crippen LogP contribution in [0, 0.1) is 11.2 Å². The van der Waals surface area contributed by atoms with E-state index in [-0.39, 0.29) is 47.5 Å². The lowest BCUT2D eigenvalue weighted by atomic mass is 9.66. The van der Waals surface area contributed by atoms with Crippen molar-refractivity contribution in [1.29, 1.82) is 0 Å². The lowest BCUT2D eigenvalue weighted by Crippen LogP contribution is -2.44. The maximum Gasteiger partial charge on any atom is 0.296 e. The molecule has 2 aliphatic rings. The van der Waals surface area contributed by atoms with Gasteiger partial charge in [0.1, 0.15) is 12.1 Å². The zero-order chi connectivity index (χ0) is 16.4. The number of benzene rings is 1. The Balaban J connectivity index is 1.82. The number of fused-ring (bicyclic) bond motifs is 1. The Morgan fingerprint density at radius 1 is 1.26 bits per heavy atom. The minimum atomic E-state index is -1.000. The molecule has 1 saturated heterocycles. The van der Waals surface area contributed by atoms with Crippen molar-refractivity contribution in [2.24, 2.45) is 5.41 Å². The third-order valence-corrected chi connectivity index (χ3v) is 4.37. The molecule has 2 fully saturated rings. The van der Waals surface area contributed by atoms with E-state index in [9.17, 15) is 23.6 Å². The molecule has 0 N–H and O–H groups in total. The van der Waals surface area contributed by atoms with E-state index in [0.717, 1.165) is 11.0 Å². The van der Waals surface area contributed by atoms with Gasteiger partial charge in [0, 0.05) is 24.9 Å². The molecule has 0 unspecified atom stereocenters. The Morgan fingerprint density at radius 2 is 2.00 bits per heavy atom. The number of amides is 1. The summed E-state index contributed by atoms with van der Waals surface area (Å²) in [5, 5.41) is 3.81. The zero-order valence-electron chi connectivity index (χ0n) is 11.7. The Morgan fingerprint density at radius 3 is 2.65 bits per heavy atom. The van der Waals surface area contributed by atoms with E-state index in [0.29, 0.717) is 6.29 Å². The fourth-order valence-electron chi connectivity index (χ4n) is 3.22. The highest BCUT2D eigenvalue weighted by atomic mass is 19.1. The van der Waals surface area contributed by atoms with Crippen LogP contribution in [0.5, 0.6) is 0 Å². The number of aldehydes is 1. The van der Waals surface area contributed by atoms with Gasteiger partial charge in [-0.05, 0) is 12.1 Å². The average molecular weight is 316 g/mol. The molecule has 1 aliphatic carbocycles. The number of carbonyl (C=O) groups is 4. The second-order valence-electron chi connectivity index (χ2n) is 5.90. The van der Waals surface area contributed by atoms with Crippen molar-refractivity contribution in [2.75, 3.05) is 11.4 Å². The number of Topliss-reactive ketones (excluding diaryl/α,β-unsaturated/α-hetero) is 2. The third kappa shape index (κ3) is 1.71. The van der Waals surface area contributed by atoms with Crippen LogP contribution in [0.4, 0.5) is 10.2 Å². The van der Waals surface area contributed by atoms with Crippen molar-refractivity contribution < 1.29 is 28.1 Å². The first kappa shape index (κ1) is 13.7. The van der Waals surface area contributed by atoms with Gasteiger partial charge >= 0.3 is 0 Å². The van der Waals surface area contributed by atoms with Crippen LogP contribution in [-0.2, 0) is 14.4 Å². The van der Waals surface area contributed by atoms with E-state index in [4.69, 9.17) is 4.52 Å². The minimum absolute atomic E-state index is 0.00494. The number of rotatable bonds is 2. The van der Waals surface area contributed by atoms with Crippen molar-refractivity contribution in [1.82, 2.24) is 5.16 Å². The van der Waals surface area contributed by atoms with Gasteiger partial charge in [0.15, 0.2) is 11.6 Å². The molecule has 0 radical (unpaired) electrons. The average Bonchev–Trinajstić information content (AvgIpc) is 3.02. The SMILES string of the molecule is O=Cc1cc(F)c2onc(N3CC4(CC(=O)C4)C(=O)C3=O)c2c1. The van der Waals surface area contributed by atoms with Crippen LogP contribution < -0.4 is 4.90 Å². The lowest BCUT2D eigenvalue weighted by Gasteiger charge is -2.33. The summed E-state index contributed by atoms with van der Waals surface area (Å²) < 4.78 is 18.8. The molecule has 2 aromatic rings. The Bertz CT molecular complexity index is 908. The topological polar surface area (TPSA) is 97.6 Å². The molecule has 1 spiro atoms. The molecular formula is C15H9FN2O5. The molecule has 7 nitrogen and oxygen atoms in total. The van der Waals surface area contributed by atoms with Gasteiger partial charge in [0.05, 0.1) is 10.8 Å². The molecule has 23 heavy (non-hydrogen) atoms. The smallest absolute Gasteiger partial charge is 0.296 e. The summed E-state index contributed by atoms with van der Waals surface area (Å²) in [5.74, 6) is -2.32. The van der Waals surface area contributed by atoms with Crippen molar-refractivity contribution >= 4 is 40.5 Å². The molecular weight excluding hydrogens is 307 g/mol. The lowest BCUT2D eigenvalue weighted by molar-refractivity contribution is -0.146. The number of hydrogen-bond donors (Lipinski definition) is 0. The first-order valence-electron chi connectivity index (χ1n) is 6.87. The van der Waals surface area contributed by atoms with Gasteiger partial charge in [-0.2, -0.15) is 0 Å². The highest BCUT2D eigenvalue weighted by Gasteiger charge is 2.59. The quantitative estimate of drug-likeness (QED) is 0.606. The number of aromatic nitrogens is 1. The second-order valence-corrected chi connectivity index (χ2v) is 5.90. The molecule has 4 rings (SSSR count). The summed E-state index contributed by atoms with van der Waals surface area (Å²) in [7, 11) is 0. The first-order chi connectivity index (χ1) is 10.9. The predicted molar refractivity (Wildman–Crippen MR) is 73.4 cm³/mol. The molecule has 1 aromatic carbocycles. The molecule has 2 heterocycles. The maximum absolute atomic E-state index is 13.9. The van der Waals surface area contributed by atoms with Gasteiger partial charge in [-0.15, -0.1) is 0 Å². The van der Waals surface area contributed by atoms with Crippen molar-refractivity contribution in [3.8, 4) is 0 Å². The van der Waals surface area contributed by atoms with Crippen LogP contribution in [0.3, 0.4) is 0 Å². The summed E-state index contributed by atoms with van der Waals surface area (Å²) in [4.78, 5) is 47.6. The van der Waals surface area contributed by atoms with E-state index in [1.807, 2.05) is 0 Å². The van der Waals surface area contributed by atoms with Crippen LogP contribution in [0.1, 0.15) is 23.2 Å². The highest BCUT2D eigenvalue weighted by Crippen LogP contribution is 2.46. The predicted octanol–water partition coefficient (Wildman–Crippen LogP) is 1.04.